The van der Waals surface area contributed by atoms with Crippen LogP contribution in [-0.4, -0.2) is 6.15 Å². The molecule has 2 rings (SSSR count). The zero-order chi connectivity index (χ0) is 13.5. The second-order valence-electron chi connectivity index (χ2n) is 4.21. The van der Waals surface area contributed by atoms with Gasteiger partial charge in [-0.2, -0.15) is 9.59 Å². The van der Waals surface area contributed by atoms with Crippen molar-refractivity contribution in [2.24, 2.45) is 0 Å². The summed E-state index contributed by atoms with van der Waals surface area (Å²) in [5, 5.41) is 0. The second-order valence-corrected chi connectivity index (χ2v) is 4.21. The largest absolute Gasteiger partial charge is 0.373 e. The molecule has 0 heterocycles. The summed E-state index contributed by atoms with van der Waals surface area (Å²) < 4.78 is 39.1. The molecule has 0 bridgehead atoms. The number of benzene rings is 1. The van der Waals surface area contributed by atoms with E-state index in [0.717, 1.165) is 38.2 Å². The van der Waals surface area contributed by atoms with E-state index in [0.29, 0.717) is 11.6 Å². The van der Waals surface area contributed by atoms with Crippen LogP contribution in [0.15, 0.2) is 12.1 Å². The normalized spacial score (nSPS) is 15.5. The van der Waals surface area contributed by atoms with Crippen LogP contribution >= 0.6 is 0 Å². The van der Waals surface area contributed by atoms with Gasteiger partial charge < -0.3 is 0 Å². The van der Waals surface area contributed by atoms with Crippen molar-refractivity contribution >= 4 is 6.15 Å². The molecular formula is C13H13F3O2. The third kappa shape index (κ3) is 3.70. The summed E-state index contributed by atoms with van der Waals surface area (Å²) in [5.41, 5.74) is 0.341. The van der Waals surface area contributed by atoms with Gasteiger partial charge in [-0.25, -0.2) is 13.2 Å². The van der Waals surface area contributed by atoms with E-state index in [1.54, 1.807) is 0 Å². The molecular weight excluding hydrogens is 245 g/mol. The van der Waals surface area contributed by atoms with E-state index in [9.17, 15) is 13.2 Å². The zero-order valence-electron chi connectivity index (χ0n) is 9.72. The molecule has 1 saturated carbocycles. The van der Waals surface area contributed by atoms with E-state index in [-0.39, 0.29) is 12.1 Å². The van der Waals surface area contributed by atoms with Gasteiger partial charge in [0.1, 0.15) is 5.82 Å². The van der Waals surface area contributed by atoms with Gasteiger partial charge in [0.2, 0.25) is 0 Å². The predicted octanol–water partition coefficient (Wildman–Crippen LogP) is 3.57. The molecule has 0 unspecified atom stereocenters. The van der Waals surface area contributed by atoms with Crippen LogP contribution in [0.3, 0.4) is 0 Å². The molecule has 1 aromatic rings. The van der Waals surface area contributed by atoms with Gasteiger partial charge in [-0.3, -0.25) is 0 Å². The molecule has 0 N–H and O–H groups in total. The first-order valence-electron chi connectivity index (χ1n) is 5.74. The van der Waals surface area contributed by atoms with Gasteiger partial charge in [-0.15, -0.1) is 0 Å². The number of carbonyl (C=O) groups excluding carboxylic acids is 2. The molecule has 1 fully saturated rings. The Bertz CT molecular complexity index is 434. The van der Waals surface area contributed by atoms with Gasteiger partial charge in [0.05, 0.1) is 0 Å². The molecule has 1 aliphatic carbocycles. The summed E-state index contributed by atoms with van der Waals surface area (Å²) in [6.07, 6.45) is 5.25. The first-order chi connectivity index (χ1) is 8.60. The molecule has 0 aromatic heterocycles. The topological polar surface area (TPSA) is 34.1 Å². The Labute approximate surface area is 103 Å². The minimum absolute atomic E-state index is 0.0637. The average Bonchev–Trinajstić information content (AvgIpc) is 2.36. The predicted molar refractivity (Wildman–Crippen MR) is 57.1 cm³/mol. The quantitative estimate of drug-likeness (QED) is 0.722. The molecule has 0 atom stereocenters. The second kappa shape index (κ2) is 6.97. The van der Waals surface area contributed by atoms with Gasteiger partial charge >= 0.3 is 6.15 Å². The fraction of sp³-hybridized carbons (Fsp3) is 0.462. The van der Waals surface area contributed by atoms with Crippen LogP contribution in [0.25, 0.3) is 0 Å². The SMILES string of the molecule is Fc1cc(F)c(C2CCCCC2)cc1F.O=C=O. The minimum Gasteiger partial charge on any atom is -0.207 e. The fourth-order valence-corrected chi connectivity index (χ4v) is 2.26. The molecule has 98 valence electrons. The average molecular weight is 258 g/mol. The first kappa shape index (κ1) is 14.5. The number of rotatable bonds is 1. The molecule has 0 saturated heterocycles. The number of halogens is 3. The summed E-state index contributed by atoms with van der Waals surface area (Å²) in [4.78, 5) is 16.2. The van der Waals surface area contributed by atoms with Crippen molar-refractivity contribution in [2.45, 2.75) is 38.0 Å². The van der Waals surface area contributed by atoms with Gasteiger partial charge in [0.15, 0.2) is 11.6 Å². The molecule has 0 spiro atoms. The smallest absolute Gasteiger partial charge is 0.207 e. The molecule has 18 heavy (non-hydrogen) atoms. The van der Waals surface area contributed by atoms with Crippen LogP contribution < -0.4 is 0 Å². The van der Waals surface area contributed by atoms with Gasteiger partial charge in [-0.1, -0.05) is 19.3 Å². The highest BCUT2D eigenvalue weighted by Crippen LogP contribution is 2.34. The van der Waals surface area contributed by atoms with Crippen molar-refractivity contribution in [2.75, 3.05) is 0 Å². The standard InChI is InChI=1S/C12H13F3.CO2/c13-10-7-12(15)11(14)6-9(10)8-4-2-1-3-5-8;2-1-3/h6-8H,1-5H2;. The summed E-state index contributed by atoms with van der Waals surface area (Å²) in [6.45, 7) is 0. The molecule has 1 aliphatic rings. The summed E-state index contributed by atoms with van der Waals surface area (Å²) in [5.74, 6) is -2.60. The van der Waals surface area contributed by atoms with Crippen LogP contribution in [0.1, 0.15) is 43.6 Å². The van der Waals surface area contributed by atoms with Crippen molar-refractivity contribution in [3.8, 4) is 0 Å². The van der Waals surface area contributed by atoms with Gasteiger partial charge in [0, 0.05) is 6.07 Å². The third-order valence-corrected chi connectivity index (χ3v) is 3.08. The Morgan fingerprint density at radius 3 is 1.94 bits per heavy atom. The molecule has 0 radical (unpaired) electrons. The fourth-order valence-electron chi connectivity index (χ4n) is 2.26. The Morgan fingerprint density at radius 1 is 0.889 bits per heavy atom. The Kier molecular flexibility index (Phi) is 5.59. The van der Waals surface area contributed by atoms with Crippen molar-refractivity contribution in [3.05, 3.63) is 35.1 Å². The van der Waals surface area contributed by atoms with E-state index in [4.69, 9.17) is 9.59 Å². The van der Waals surface area contributed by atoms with Crippen LogP contribution in [0, 0.1) is 17.5 Å². The van der Waals surface area contributed by atoms with E-state index in [2.05, 4.69) is 0 Å². The maximum absolute atomic E-state index is 13.4. The Morgan fingerprint density at radius 2 is 1.39 bits per heavy atom. The maximum atomic E-state index is 13.4. The van der Waals surface area contributed by atoms with Crippen molar-refractivity contribution in [1.82, 2.24) is 0 Å². The highest BCUT2D eigenvalue weighted by molar-refractivity contribution is 5.24. The molecule has 1 aromatic carbocycles. The van der Waals surface area contributed by atoms with E-state index in [1.165, 1.54) is 0 Å². The first-order valence-corrected chi connectivity index (χ1v) is 5.74. The summed E-state index contributed by atoms with van der Waals surface area (Å²) >= 11 is 0. The van der Waals surface area contributed by atoms with E-state index < -0.39 is 17.5 Å². The highest BCUT2D eigenvalue weighted by Gasteiger charge is 2.20. The lowest BCUT2D eigenvalue weighted by atomic mass is 9.84. The minimum atomic E-state index is -1.10. The van der Waals surface area contributed by atoms with Crippen molar-refractivity contribution < 1.29 is 22.8 Å². The van der Waals surface area contributed by atoms with Crippen molar-refractivity contribution in [1.29, 1.82) is 0 Å². The number of hydrogen-bond donors (Lipinski definition) is 0. The Balaban J connectivity index is 0.000000492. The lowest BCUT2D eigenvalue weighted by molar-refractivity contribution is -0.191. The molecule has 0 aliphatic heterocycles. The monoisotopic (exact) mass is 258 g/mol. The van der Waals surface area contributed by atoms with Crippen LogP contribution in [-0.2, 0) is 9.59 Å². The van der Waals surface area contributed by atoms with Crippen molar-refractivity contribution in [3.63, 3.8) is 0 Å². The van der Waals surface area contributed by atoms with Gasteiger partial charge in [0.25, 0.3) is 0 Å². The third-order valence-electron chi connectivity index (χ3n) is 3.08. The summed E-state index contributed by atoms with van der Waals surface area (Å²) in [6, 6.07) is 1.67. The Hall–Kier alpha value is -1.61. The molecule has 5 heteroatoms. The van der Waals surface area contributed by atoms with E-state index in [1.807, 2.05) is 0 Å². The van der Waals surface area contributed by atoms with Crippen LogP contribution in [0.2, 0.25) is 0 Å². The summed E-state index contributed by atoms with van der Waals surface area (Å²) in [7, 11) is 0. The van der Waals surface area contributed by atoms with Crippen LogP contribution in [0.4, 0.5) is 13.2 Å². The zero-order valence-corrected chi connectivity index (χ0v) is 9.72. The number of hydrogen-bond acceptors (Lipinski definition) is 2. The van der Waals surface area contributed by atoms with Gasteiger partial charge in [-0.05, 0) is 30.4 Å². The maximum Gasteiger partial charge on any atom is 0.373 e. The van der Waals surface area contributed by atoms with E-state index >= 15 is 0 Å². The van der Waals surface area contributed by atoms with Crippen LogP contribution in [0.5, 0.6) is 0 Å². The highest BCUT2D eigenvalue weighted by atomic mass is 19.2. The molecule has 2 nitrogen and oxygen atoms in total. The lowest BCUT2D eigenvalue weighted by Gasteiger charge is -2.22. The lowest BCUT2D eigenvalue weighted by Crippen LogP contribution is -2.07. The molecule has 0 amide bonds.